The molecule has 1 N–H and O–H groups in total. The summed E-state index contributed by atoms with van der Waals surface area (Å²) in [4.78, 5) is 13.6. The molecule has 0 aliphatic heterocycles. The van der Waals surface area contributed by atoms with E-state index in [1.807, 2.05) is 24.4 Å². The van der Waals surface area contributed by atoms with Gasteiger partial charge in [-0.1, -0.05) is 37.2 Å². The second kappa shape index (κ2) is 8.89. The van der Waals surface area contributed by atoms with Gasteiger partial charge in [-0.2, -0.15) is 4.31 Å². The van der Waals surface area contributed by atoms with Crippen molar-refractivity contribution in [2.45, 2.75) is 31.7 Å². The molecular weight excluding hydrogens is 410 g/mol. The fourth-order valence-electron chi connectivity index (χ4n) is 2.91. The summed E-state index contributed by atoms with van der Waals surface area (Å²) in [6.07, 6.45) is 0. The van der Waals surface area contributed by atoms with Gasteiger partial charge in [-0.3, -0.25) is 4.79 Å². The molecule has 3 rings (SSSR count). The van der Waals surface area contributed by atoms with Crippen LogP contribution in [0.4, 0.5) is 0 Å². The third kappa shape index (κ3) is 4.58. The van der Waals surface area contributed by atoms with Gasteiger partial charge < -0.3 is 9.84 Å². The molecule has 0 saturated heterocycles. The minimum atomic E-state index is -3.50. The minimum absolute atomic E-state index is 0.195. The molecule has 0 aliphatic rings. The van der Waals surface area contributed by atoms with Gasteiger partial charge in [0, 0.05) is 19.2 Å². The van der Waals surface area contributed by atoms with E-state index in [1.54, 1.807) is 44.2 Å². The molecule has 9 heteroatoms. The first-order chi connectivity index (χ1) is 13.9. The normalized spacial score (nSPS) is 12.8. The Balaban J connectivity index is 1.69. The van der Waals surface area contributed by atoms with Gasteiger partial charge in [0.15, 0.2) is 11.5 Å². The second-order valence-corrected chi connectivity index (χ2v) is 9.29. The molecule has 2 heterocycles. The number of rotatable bonds is 8. The van der Waals surface area contributed by atoms with Crippen LogP contribution < -0.4 is 5.32 Å². The quantitative estimate of drug-likeness (QED) is 0.581. The zero-order valence-electron chi connectivity index (χ0n) is 16.5. The highest BCUT2D eigenvalue weighted by Crippen LogP contribution is 2.25. The van der Waals surface area contributed by atoms with Crippen LogP contribution in [0.15, 0.2) is 57.3 Å². The first-order valence-electron chi connectivity index (χ1n) is 9.28. The molecule has 0 spiro atoms. The zero-order chi connectivity index (χ0) is 21.0. The van der Waals surface area contributed by atoms with Gasteiger partial charge in [0.05, 0.1) is 15.8 Å². The van der Waals surface area contributed by atoms with Crippen LogP contribution in [0.3, 0.4) is 0 Å². The number of aromatic nitrogens is 1. The Labute approximate surface area is 174 Å². The molecule has 0 aliphatic carbocycles. The van der Waals surface area contributed by atoms with E-state index < -0.39 is 10.0 Å². The maximum Gasteiger partial charge on any atom is 0.273 e. The molecule has 0 bridgehead atoms. The summed E-state index contributed by atoms with van der Waals surface area (Å²) in [5.74, 6) is 0.188. The molecule has 1 aromatic carbocycles. The van der Waals surface area contributed by atoms with Gasteiger partial charge in [-0.05, 0) is 36.1 Å². The third-order valence-electron chi connectivity index (χ3n) is 4.58. The third-order valence-corrected chi connectivity index (χ3v) is 7.53. The van der Waals surface area contributed by atoms with Crippen molar-refractivity contribution in [2.24, 2.45) is 0 Å². The summed E-state index contributed by atoms with van der Waals surface area (Å²) in [6, 6.07) is 11.6. The largest absolute Gasteiger partial charge is 0.355 e. The van der Waals surface area contributed by atoms with Gasteiger partial charge in [0.25, 0.3) is 5.91 Å². The first kappa shape index (κ1) is 21.2. The van der Waals surface area contributed by atoms with Crippen LogP contribution in [0.5, 0.6) is 0 Å². The second-order valence-electron chi connectivity index (χ2n) is 6.41. The van der Waals surface area contributed by atoms with Gasteiger partial charge in [0.2, 0.25) is 10.0 Å². The Hall–Kier alpha value is -2.49. The van der Waals surface area contributed by atoms with Crippen LogP contribution in [-0.4, -0.2) is 36.9 Å². The van der Waals surface area contributed by atoms with Crippen LogP contribution in [-0.2, 0) is 10.0 Å². The maximum absolute atomic E-state index is 12.6. The lowest BCUT2D eigenvalue weighted by Crippen LogP contribution is -2.30. The van der Waals surface area contributed by atoms with Crippen molar-refractivity contribution in [1.82, 2.24) is 14.8 Å². The number of carbonyl (C=O) groups excluding carboxylic acids is 1. The lowest BCUT2D eigenvalue weighted by molar-refractivity contribution is 0.0931. The molecule has 0 fully saturated rings. The SMILES string of the molecule is CCN(CC)S(=O)(=O)c1ccc([C@H](C)NC(=O)c2cc(-c3cccs3)on2)cc1. The predicted molar refractivity (Wildman–Crippen MR) is 112 cm³/mol. The molecule has 154 valence electrons. The monoisotopic (exact) mass is 433 g/mol. The Morgan fingerprint density at radius 3 is 2.48 bits per heavy atom. The highest BCUT2D eigenvalue weighted by Gasteiger charge is 2.22. The molecule has 0 unspecified atom stereocenters. The van der Waals surface area contributed by atoms with E-state index in [2.05, 4.69) is 10.5 Å². The first-order valence-corrected chi connectivity index (χ1v) is 11.6. The van der Waals surface area contributed by atoms with Crippen molar-refractivity contribution in [3.8, 4) is 10.6 Å². The fraction of sp³-hybridized carbons (Fsp3) is 0.300. The van der Waals surface area contributed by atoms with Crippen molar-refractivity contribution >= 4 is 27.3 Å². The summed E-state index contributed by atoms with van der Waals surface area (Å²) in [6.45, 7) is 6.27. The lowest BCUT2D eigenvalue weighted by atomic mass is 10.1. The number of nitrogens with one attached hydrogen (secondary N) is 1. The van der Waals surface area contributed by atoms with E-state index >= 15 is 0 Å². The van der Waals surface area contributed by atoms with E-state index in [1.165, 1.54) is 15.6 Å². The Morgan fingerprint density at radius 2 is 1.90 bits per heavy atom. The average Bonchev–Trinajstić information content (AvgIpc) is 3.40. The van der Waals surface area contributed by atoms with Gasteiger partial charge >= 0.3 is 0 Å². The van der Waals surface area contributed by atoms with E-state index in [9.17, 15) is 13.2 Å². The van der Waals surface area contributed by atoms with Crippen molar-refractivity contribution in [3.63, 3.8) is 0 Å². The topological polar surface area (TPSA) is 92.5 Å². The number of nitrogens with zero attached hydrogens (tertiary/aromatic N) is 2. The highest BCUT2D eigenvalue weighted by molar-refractivity contribution is 7.89. The molecule has 1 amide bonds. The number of amides is 1. The summed E-state index contributed by atoms with van der Waals surface area (Å²) in [5, 5.41) is 8.62. The number of carbonyl (C=O) groups is 1. The number of thiophene rings is 1. The Bertz CT molecular complexity index is 1050. The zero-order valence-corrected chi connectivity index (χ0v) is 18.1. The molecule has 1 atom stereocenters. The molecule has 0 radical (unpaired) electrons. The van der Waals surface area contributed by atoms with Crippen LogP contribution in [0, 0.1) is 0 Å². The molecule has 0 saturated carbocycles. The van der Waals surface area contributed by atoms with E-state index in [0.29, 0.717) is 18.8 Å². The van der Waals surface area contributed by atoms with Crippen molar-refractivity contribution < 1.29 is 17.7 Å². The number of sulfonamides is 1. The average molecular weight is 434 g/mol. The Morgan fingerprint density at radius 1 is 1.21 bits per heavy atom. The molecule has 7 nitrogen and oxygen atoms in total. The predicted octanol–water partition coefficient (Wildman–Crippen LogP) is 3.92. The smallest absolute Gasteiger partial charge is 0.273 e. The van der Waals surface area contributed by atoms with Gasteiger partial charge in [0.1, 0.15) is 0 Å². The molecule has 2 aromatic heterocycles. The molecule has 29 heavy (non-hydrogen) atoms. The number of hydrogen-bond acceptors (Lipinski definition) is 6. The lowest BCUT2D eigenvalue weighted by Gasteiger charge is -2.19. The van der Waals surface area contributed by atoms with E-state index in [0.717, 1.165) is 10.4 Å². The van der Waals surface area contributed by atoms with Crippen molar-refractivity contribution in [2.75, 3.05) is 13.1 Å². The van der Waals surface area contributed by atoms with Crippen molar-refractivity contribution in [1.29, 1.82) is 0 Å². The summed E-state index contributed by atoms with van der Waals surface area (Å²) >= 11 is 1.50. The summed E-state index contributed by atoms with van der Waals surface area (Å²) in [7, 11) is -3.50. The number of hydrogen-bond donors (Lipinski definition) is 1. The minimum Gasteiger partial charge on any atom is -0.355 e. The highest BCUT2D eigenvalue weighted by atomic mass is 32.2. The van der Waals surface area contributed by atoms with Crippen LogP contribution >= 0.6 is 11.3 Å². The van der Waals surface area contributed by atoms with Crippen molar-refractivity contribution in [3.05, 3.63) is 59.1 Å². The van der Waals surface area contributed by atoms with Crippen LogP contribution in [0.1, 0.15) is 42.9 Å². The van der Waals surface area contributed by atoms with E-state index in [4.69, 9.17) is 4.52 Å². The standard InChI is InChI=1S/C20H23N3O4S2/c1-4-23(5-2)29(25,26)16-10-8-15(9-11-16)14(3)21-20(24)17-13-18(27-22-17)19-7-6-12-28-19/h6-14H,4-5H2,1-3H3,(H,21,24)/t14-/m0/s1. The van der Waals surface area contributed by atoms with Gasteiger partial charge in [-0.25, -0.2) is 8.42 Å². The van der Waals surface area contributed by atoms with Crippen LogP contribution in [0.2, 0.25) is 0 Å². The molecular formula is C20H23N3O4S2. The number of benzene rings is 1. The maximum atomic E-state index is 12.6. The summed E-state index contributed by atoms with van der Waals surface area (Å²) < 4.78 is 31.8. The Kier molecular flexibility index (Phi) is 6.51. The van der Waals surface area contributed by atoms with Gasteiger partial charge in [-0.15, -0.1) is 11.3 Å². The fourth-order valence-corrected chi connectivity index (χ4v) is 5.04. The van der Waals surface area contributed by atoms with Crippen LogP contribution in [0.25, 0.3) is 10.6 Å². The van der Waals surface area contributed by atoms with E-state index in [-0.39, 0.29) is 22.5 Å². The summed E-state index contributed by atoms with van der Waals surface area (Å²) in [5.41, 5.74) is 0.986. The molecule has 3 aromatic rings.